The quantitative estimate of drug-likeness (QED) is 0.492. The fraction of sp³-hybridized carbons (Fsp3) is 0.444. The van der Waals surface area contributed by atoms with E-state index in [0.29, 0.717) is 0 Å². The largest absolute Gasteiger partial charge is 0.363 e. The molecule has 1 rings (SSSR count). The number of hydrogen-bond acceptors (Lipinski definition) is 3. The van der Waals surface area contributed by atoms with Gasteiger partial charge in [0.2, 0.25) is 0 Å². The highest BCUT2D eigenvalue weighted by molar-refractivity contribution is 5.30. The number of nitro groups is 1. The van der Waals surface area contributed by atoms with E-state index in [0.717, 1.165) is 5.56 Å². The summed E-state index contributed by atoms with van der Waals surface area (Å²) >= 11 is 0. The average Bonchev–Trinajstić information content (AvgIpc) is 2.03. The smallest absolute Gasteiger partial charge is 0.358 e. The van der Waals surface area contributed by atoms with E-state index in [-0.39, 0.29) is 11.2 Å². The van der Waals surface area contributed by atoms with Gasteiger partial charge < -0.3 is 10.1 Å². The Morgan fingerprint density at radius 3 is 2.54 bits per heavy atom. The van der Waals surface area contributed by atoms with Crippen LogP contribution in [0.1, 0.15) is 26.3 Å². The zero-order valence-corrected chi connectivity index (χ0v) is 7.94. The second-order valence-electron chi connectivity index (χ2n) is 3.91. The Morgan fingerprint density at radius 1 is 1.46 bits per heavy atom. The Hall–Kier alpha value is -1.45. The summed E-state index contributed by atoms with van der Waals surface area (Å²) in [5.41, 5.74) is 0.849. The Labute approximate surface area is 76.8 Å². The second kappa shape index (κ2) is 3.12. The lowest BCUT2D eigenvalue weighted by molar-refractivity contribution is -0.389. The van der Waals surface area contributed by atoms with Gasteiger partial charge in [0.15, 0.2) is 0 Å². The normalized spacial score (nSPS) is 11.3. The maximum absolute atomic E-state index is 10.4. The van der Waals surface area contributed by atoms with Gasteiger partial charge in [-0.2, -0.15) is 0 Å². The van der Waals surface area contributed by atoms with E-state index in [4.69, 9.17) is 0 Å². The highest BCUT2D eigenvalue weighted by Crippen LogP contribution is 2.23. The molecular weight excluding hydrogens is 168 g/mol. The highest BCUT2D eigenvalue weighted by Gasteiger charge is 2.17. The topological polar surface area (TPSA) is 56.0 Å². The van der Waals surface area contributed by atoms with Crippen molar-refractivity contribution in [1.82, 2.24) is 4.98 Å². The lowest BCUT2D eigenvalue weighted by Crippen LogP contribution is -2.11. The van der Waals surface area contributed by atoms with Crippen LogP contribution in [0.3, 0.4) is 0 Å². The van der Waals surface area contributed by atoms with Crippen LogP contribution >= 0.6 is 0 Å². The Kier molecular flexibility index (Phi) is 2.32. The molecule has 0 spiro atoms. The fourth-order valence-corrected chi connectivity index (χ4v) is 0.985. The molecule has 0 bridgehead atoms. The van der Waals surface area contributed by atoms with Crippen molar-refractivity contribution in [2.45, 2.75) is 26.2 Å². The van der Waals surface area contributed by atoms with Crippen LogP contribution < -0.4 is 0 Å². The predicted molar refractivity (Wildman–Crippen MR) is 49.6 cm³/mol. The summed E-state index contributed by atoms with van der Waals surface area (Å²) in [6.45, 7) is 6.02. The molecule has 4 heteroatoms. The third-order valence-corrected chi connectivity index (χ3v) is 1.80. The third-order valence-electron chi connectivity index (χ3n) is 1.80. The number of aromatic nitrogens is 1. The number of nitrogens with zero attached hydrogens (tertiary/aromatic N) is 2. The van der Waals surface area contributed by atoms with Gasteiger partial charge in [0.1, 0.15) is 6.20 Å². The maximum atomic E-state index is 10.4. The van der Waals surface area contributed by atoms with Crippen molar-refractivity contribution >= 4 is 5.82 Å². The van der Waals surface area contributed by atoms with Gasteiger partial charge in [-0.1, -0.05) is 20.8 Å². The van der Waals surface area contributed by atoms with Crippen molar-refractivity contribution in [3.63, 3.8) is 0 Å². The van der Waals surface area contributed by atoms with Crippen LogP contribution in [0.15, 0.2) is 18.3 Å². The molecule has 0 aliphatic rings. The van der Waals surface area contributed by atoms with Crippen molar-refractivity contribution in [3.05, 3.63) is 34.0 Å². The molecule has 1 aromatic heterocycles. The first kappa shape index (κ1) is 9.64. The molecule has 13 heavy (non-hydrogen) atoms. The van der Waals surface area contributed by atoms with Crippen LogP contribution in [-0.4, -0.2) is 9.91 Å². The average molecular weight is 180 g/mol. The van der Waals surface area contributed by atoms with Gasteiger partial charge in [0, 0.05) is 6.07 Å². The van der Waals surface area contributed by atoms with Gasteiger partial charge in [-0.15, -0.1) is 0 Å². The van der Waals surface area contributed by atoms with Crippen LogP contribution in [0.2, 0.25) is 0 Å². The van der Waals surface area contributed by atoms with Gasteiger partial charge in [0.25, 0.3) is 0 Å². The van der Waals surface area contributed by atoms with Crippen LogP contribution in [0.25, 0.3) is 0 Å². The molecular formula is C9H12N2O2. The lowest BCUT2D eigenvalue weighted by atomic mass is 9.88. The van der Waals surface area contributed by atoms with Gasteiger partial charge in [-0.3, -0.25) is 0 Å². The van der Waals surface area contributed by atoms with E-state index in [1.807, 2.05) is 20.8 Å². The molecule has 1 heterocycles. The summed E-state index contributed by atoms with van der Waals surface area (Å²) in [5, 5.41) is 10.4. The van der Waals surface area contributed by atoms with E-state index in [2.05, 4.69) is 4.98 Å². The molecule has 0 unspecified atom stereocenters. The van der Waals surface area contributed by atoms with E-state index >= 15 is 0 Å². The molecule has 0 saturated carbocycles. The predicted octanol–water partition coefficient (Wildman–Crippen LogP) is 2.29. The van der Waals surface area contributed by atoms with Crippen LogP contribution in [0.4, 0.5) is 5.82 Å². The summed E-state index contributed by atoms with van der Waals surface area (Å²) < 4.78 is 0. The molecule has 0 N–H and O–H groups in total. The number of pyridine rings is 1. The van der Waals surface area contributed by atoms with Gasteiger partial charge in [-0.25, -0.2) is 0 Å². The molecule has 0 radical (unpaired) electrons. The molecule has 0 aliphatic heterocycles. The van der Waals surface area contributed by atoms with Crippen LogP contribution in [-0.2, 0) is 5.41 Å². The first-order valence-electron chi connectivity index (χ1n) is 4.02. The molecule has 0 atom stereocenters. The first-order valence-corrected chi connectivity index (χ1v) is 4.02. The molecule has 0 saturated heterocycles. The second-order valence-corrected chi connectivity index (χ2v) is 3.91. The van der Waals surface area contributed by atoms with Crippen molar-refractivity contribution < 1.29 is 4.92 Å². The van der Waals surface area contributed by atoms with Gasteiger partial charge >= 0.3 is 5.82 Å². The zero-order valence-electron chi connectivity index (χ0n) is 7.94. The van der Waals surface area contributed by atoms with E-state index < -0.39 is 4.92 Å². The standard InChI is InChI=1S/C9H12N2O2/c1-9(2,3)7-4-5-10-8(6-7)11(12)13/h4-6H,1-3H3. The van der Waals surface area contributed by atoms with Crippen molar-refractivity contribution in [1.29, 1.82) is 0 Å². The van der Waals surface area contributed by atoms with Crippen molar-refractivity contribution in [3.8, 4) is 0 Å². The monoisotopic (exact) mass is 180 g/mol. The molecule has 70 valence electrons. The van der Waals surface area contributed by atoms with E-state index in [1.54, 1.807) is 6.07 Å². The highest BCUT2D eigenvalue weighted by atomic mass is 16.6. The van der Waals surface area contributed by atoms with E-state index in [1.165, 1.54) is 12.3 Å². The SMILES string of the molecule is CC(C)(C)c1ccnc([N+](=O)[O-])c1. The van der Waals surface area contributed by atoms with E-state index in [9.17, 15) is 10.1 Å². The number of hydrogen-bond donors (Lipinski definition) is 0. The van der Waals surface area contributed by atoms with Gasteiger partial charge in [-0.05, 0) is 27.0 Å². The van der Waals surface area contributed by atoms with Crippen LogP contribution in [0, 0.1) is 10.1 Å². The minimum absolute atomic E-state index is 0.0757. The van der Waals surface area contributed by atoms with Gasteiger partial charge in [0.05, 0.1) is 0 Å². The molecule has 4 nitrogen and oxygen atoms in total. The summed E-state index contributed by atoms with van der Waals surface area (Å²) in [4.78, 5) is 13.6. The van der Waals surface area contributed by atoms with Crippen molar-refractivity contribution in [2.75, 3.05) is 0 Å². The summed E-state index contributed by atoms with van der Waals surface area (Å²) in [6, 6.07) is 3.31. The summed E-state index contributed by atoms with van der Waals surface area (Å²) in [6.07, 6.45) is 1.47. The molecule has 0 aromatic carbocycles. The Morgan fingerprint density at radius 2 is 2.08 bits per heavy atom. The minimum Gasteiger partial charge on any atom is -0.358 e. The lowest BCUT2D eigenvalue weighted by Gasteiger charge is -2.17. The zero-order chi connectivity index (χ0) is 10.1. The molecule has 0 fully saturated rings. The molecule has 0 amide bonds. The summed E-state index contributed by atoms with van der Waals surface area (Å²) in [5.74, 6) is -0.0903. The number of rotatable bonds is 1. The summed E-state index contributed by atoms with van der Waals surface area (Å²) in [7, 11) is 0. The first-order chi connectivity index (χ1) is 5.91. The molecule has 1 aromatic rings. The fourth-order valence-electron chi connectivity index (χ4n) is 0.985. The van der Waals surface area contributed by atoms with Crippen molar-refractivity contribution in [2.24, 2.45) is 0 Å². The van der Waals surface area contributed by atoms with Crippen LogP contribution in [0.5, 0.6) is 0 Å². The molecule has 0 aliphatic carbocycles. The third kappa shape index (κ3) is 2.24. The Balaban J connectivity index is 3.13. The Bertz CT molecular complexity index is 329. The maximum Gasteiger partial charge on any atom is 0.363 e. The minimum atomic E-state index is -0.477.